The van der Waals surface area contributed by atoms with E-state index in [9.17, 15) is 10.2 Å². The quantitative estimate of drug-likeness (QED) is 0.651. The van der Waals surface area contributed by atoms with Gasteiger partial charge >= 0.3 is 0 Å². The minimum Gasteiger partial charge on any atom is -0.392 e. The van der Waals surface area contributed by atoms with Gasteiger partial charge in [-0.05, 0) is 31.8 Å². The Hall–Kier alpha value is 0.620. The highest BCUT2D eigenvalue weighted by molar-refractivity contribution is 8.00. The van der Waals surface area contributed by atoms with Gasteiger partial charge in [-0.1, -0.05) is 13.8 Å². The normalized spacial score (nSPS) is 19.6. The van der Waals surface area contributed by atoms with Crippen molar-refractivity contribution >= 4 is 23.5 Å². The number of hydrogen-bond donors (Lipinski definition) is 2. The molecule has 2 N–H and O–H groups in total. The van der Waals surface area contributed by atoms with Crippen LogP contribution in [0.4, 0.5) is 0 Å². The zero-order valence-corrected chi connectivity index (χ0v) is 11.8. The molecule has 92 valence electrons. The summed E-state index contributed by atoms with van der Waals surface area (Å²) in [7, 11) is 0. The van der Waals surface area contributed by atoms with Crippen molar-refractivity contribution in [2.24, 2.45) is 0 Å². The molecule has 0 radical (unpaired) electrons. The number of aliphatic hydroxyl groups excluding tert-OH is 2. The van der Waals surface area contributed by atoms with Crippen LogP contribution >= 0.6 is 23.5 Å². The molecule has 0 saturated carbocycles. The fourth-order valence-electron chi connectivity index (χ4n) is 0.876. The molecule has 4 unspecified atom stereocenters. The maximum atomic E-state index is 9.28. The minimum absolute atomic E-state index is 0.223. The van der Waals surface area contributed by atoms with E-state index in [0.717, 1.165) is 17.9 Å². The highest BCUT2D eigenvalue weighted by atomic mass is 32.2. The van der Waals surface area contributed by atoms with Gasteiger partial charge in [0.1, 0.15) is 0 Å². The lowest BCUT2D eigenvalue weighted by atomic mass is 10.3. The minimum atomic E-state index is -0.223. The van der Waals surface area contributed by atoms with Gasteiger partial charge in [0.2, 0.25) is 0 Å². The third-order valence-electron chi connectivity index (χ3n) is 2.41. The van der Waals surface area contributed by atoms with Crippen molar-refractivity contribution in [3.05, 3.63) is 0 Å². The van der Waals surface area contributed by atoms with Crippen molar-refractivity contribution < 1.29 is 10.2 Å². The molecular weight excluding hydrogens is 228 g/mol. The Bertz CT molecular complexity index is 136. The van der Waals surface area contributed by atoms with Gasteiger partial charge in [-0.25, -0.2) is 0 Å². The zero-order valence-electron chi connectivity index (χ0n) is 10.1. The zero-order chi connectivity index (χ0) is 11.8. The van der Waals surface area contributed by atoms with Crippen molar-refractivity contribution in [1.82, 2.24) is 0 Å². The Kier molecular flexibility index (Phi) is 9.10. The van der Waals surface area contributed by atoms with Crippen LogP contribution in [0.3, 0.4) is 0 Å². The third kappa shape index (κ3) is 8.43. The van der Waals surface area contributed by atoms with Crippen LogP contribution in [0.15, 0.2) is 0 Å². The second kappa shape index (κ2) is 8.74. The molecule has 2 nitrogen and oxygen atoms in total. The summed E-state index contributed by atoms with van der Waals surface area (Å²) in [6, 6.07) is 0. The first-order valence-corrected chi connectivity index (χ1v) is 7.64. The summed E-state index contributed by atoms with van der Waals surface area (Å²) >= 11 is 3.64. The lowest BCUT2D eigenvalue weighted by molar-refractivity contribution is 0.196. The van der Waals surface area contributed by atoms with Crippen LogP contribution < -0.4 is 0 Å². The molecule has 0 rings (SSSR count). The standard InChI is InChI=1S/C11H24O2S2/c1-8(12)10(3)14-6-5-7-15-11(4)9(2)13/h8-13H,5-7H2,1-4H3. The van der Waals surface area contributed by atoms with Crippen molar-refractivity contribution in [1.29, 1.82) is 0 Å². The van der Waals surface area contributed by atoms with Crippen LogP contribution in [0.1, 0.15) is 34.1 Å². The largest absolute Gasteiger partial charge is 0.392 e. The lowest BCUT2D eigenvalue weighted by Gasteiger charge is -2.15. The first-order chi connectivity index (χ1) is 6.95. The predicted octanol–water partition coefficient (Wildman–Crippen LogP) is 2.38. The third-order valence-corrected chi connectivity index (χ3v) is 5.30. The molecule has 0 saturated heterocycles. The maximum absolute atomic E-state index is 9.28. The molecule has 0 amide bonds. The van der Waals surface area contributed by atoms with Gasteiger partial charge < -0.3 is 10.2 Å². The van der Waals surface area contributed by atoms with Gasteiger partial charge in [0.15, 0.2) is 0 Å². The Morgan fingerprint density at radius 1 is 0.800 bits per heavy atom. The van der Waals surface area contributed by atoms with E-state index < -0.39 is 0 Å². The molecule has 0 aromatic rings. The molecule has 0 bridgehead atoms. The summed E-state index contributed by atoms with van der Waals surface area (Å²) in [4.78, 5) is 0. The van der Waals surface area contributed by atoms with E-state index in [2.05, 4.69) is 13.8 Å². The Morgan fingerprint density at radius 2 is 1.13 bits per heavy atom. The molecule has 0 aliphatic carbocycles. The van der Waals surface area contributed by atoms with Crippen LogP contribution in [0.25, 0.3) is 0 Å². The number of hydrogen-bond acceptors (Lipinski definition) is 4. The van der Waals surface area contributed by atoms with Crippen LogP contribution in [0.2, 0.25) is 0 Å². The van der Waals surface area contributed by atoms with E-state index >= 15 is 0 Å². The smallest absolute Gasteiger partial charge is 0.0627 e. The molecule has 4 atom stereocenters. The van der Waals surface area contributed by atoms with Crippen molar-refractivity contribution in [3.8, 4) is 0 Å². The van der Waals surface area contributed by atoms with E-state index in [0.29, 0.717) is 10.5 Å². The van der Waals surface area contributed by atoms with Crippen LogP contribution in [-0.4, -0.2) is 44.4 Å². The molecule has 4 heteroatoms. The van der Waals surface area contributed by atoms with Crippen molar-refractivity contribution in [2.75, 3.05) is 11.5 Å². The summed E-state index contributed by atoms with van der Waals surface area (Å²) in [5, 5.41) is 19.2. The first kappa shape index (κ1) is 15.6. The lowest BCUT2D eigenvalue weighted by Crippen LogP contribution is -2.17. The Labute approximate surface area is 102 Å². The van der Waals surface area contributed by atoms with Crippen LogP contribution in [0, 0.1) is 0 Å². The second-order valence-corrected chi connectivity index (χ2v) is 6.96. The molecule has 0 aliphatic heterocycles. The van der Waals surface area contributed by atoms with Crippen molar-refractivity contribution in [3.63, 3.8) is 0 Å². The fraction of sp³-hybridized carbons (Fsp3) is 1.00. The van der Waals surface area contributed by atoms with Gasteiger partial charge in [0.05, 0.1) is 12.2 Å². The van der Waals surface area contributed by atoms with E-state index in [1.165, 1.54) is 0 Å². The Morgan fingerprint density at radius 3 is 1.40 bits per heavy atom. The van der Waals surface area contributed by atoms with E-state index in [-0.39, 0.29) is 12.2 Å². The van der Waals surface area contributed by atoms with E-state index in [1.54, 1.807) is 0 Å². The van der Waals surface area contributed by atoms with Crippen LogP contribution in [0.5, 0.6) is 0 Å². The number of rotatable bonds is 8. The van der Waals surface area contributed by atoms with E-state index in [1.807, 2.05) is 37.4 Å². The predicted molar refractivity (Wildman–Crippen MR) is 71.8 cm³/mol. The maximum Gasteiger partial charge on any atom is 0.0627 e. The van der Waals surface area contributed by atoms with Gasteiger partial charge in [0.25, 0.3) is 0 Å². The van der Waals surface area contributed by atoms with Gasteiger partial charge in [-0.15, -0.1) is 0 Å². The first-order valence-electron chi connectivity index (χ1n) is 5.54. The SMILES string of the molecule is CC(O)C(C)SCCCSC(C)C(C)O. The fourth-order valence-corrected chi connectivity index (χ4v) is 2.98. The molecule has 0 aliphatic rings. The summed E-state index contributed by atoms with van der Waals surface area (Å²) in [5.41, 5.74) is 0. The van der Waals surface area contributed by atoms with Gasteiger partial charge in [-0.3, -0.25) is 0 Å². The molecule has 0 fully saturated rings. The summed E-state index contributed by atoms with van der Waals surface area (Å²) < 4.78 is 0. The summed E-state index contributed by atoms with van der Waals surface area (Å²) in [5.74, 6) is 2.18. The van der Waals surface area contributed by atoms with Crippen LogP contribution in [-0.2, 0) is 0 Å². The topological polar surface area (TPSA) is 40.5 Å². The van der Waals surface area contributed by atoms with Crippen molar-refractivity contribution in [2.45, 2.75) is 56.8 Å². The monoisotopic (exact) mass is 252 g/mol. The molecular formula is C11H24O2S2. The molecule has 0 spiro atoms. The molecule has 0 heterocycles. The van der Waals surface area contributed by atoms with E-state index in [4.69, 9.17) is 0 Å². The summed E-state index contributed by atoms with van der Waals surface area (Å²) in [6.45, 7) is 7.78. The second-order valence-electron chi connectivity index (χ2n) is 3.99. The summed E-state index contributed by atoms with van der Waals surface area (Å²) in [6.07, 6.45) is 0.696. The van der Waals surface area contributed by atoms with Gasteiger partial charge in [0, 0.05) is 10.5 Å². The van der Waals surface area contributed by atoms with Gasteiger partial charge in [-0.2, -0.15) is 23.5 Å². The average Bonchev–Trinajstić information content (AvgIpc) is 2.16. The Balaban J connectivity index is 3.32. The molecule has 0 aromatic carbocycles. The molecule has 0 aromatic heterocycles. The number of thioether (sulfide) groups is 2. The highest BCUT2D eigenvalue weighted by Crippen LogP contribution is 2.19. The number of aliphatic hydroxyl groups is 2. The average molecular weight is 252 g/mol. The molecule has 15 heavy (non-hydrogen) atoms. The highest BCUT2D eigenvalue weighted by Gasteiger charge is 2.10.